The number of aromatic nitrogens is 3. The van der Waals surface area contributed by atoms with E-state index in [-0.39, 0.29) is 5.75 Å². The van der Waals surface area contributed by atoms with Crippen LogP contribution in [0.2, 0.25) is 0 Å². The zero-order valence-corrected chi connectivity index (χ0v) is 10.9. The van der Waals surface area contributed by atoms with E-state index in [0.29, 0.717) is 11.6 Å². The van der Waals surface area contributed by atoms with Crippen LogP contribution >= 0.6 is 0 Å². The fourth-order valence-electron chi connectivity index (χ4n) is 2.03. The number of rotatable bonds is 2. The number of phenols is 1. The fraction of sp³-hybridized carbons (Fsp3) is 0.200. The van der Waals surface area contributed by atoms with Gasteiger partial charge in [-0.2, -0.15) is 0 Å². The van der Waals surface area contributed by atoms with Crippen molar-refractivity contribution < 1.29 is 5.11 Å². The smallest absolute Gasteiger partial charge is 0.143 e. The normalized spacial score (nSPS) is 11.3. The molecule has 0 amide bonds. The number of benzene rings is 2. The van der Waals surface area contributed by atoms with Crippen molar-refractivity contribution in [2.45, 2.75) is 19.8 Å². The monoisotopic (exact) mass is 253 g/mol. The second-order valence-electron chi connectivity index (χ2n) is 4.88. The SMILES string of the molecule is CC(C)c1ccc(O)c(-n2nc3ccccc3n2)c1. The van der Waals surface area contributed by atoms with Crippen molar-refractivity contribution in [1.29, 1.82) is 0 Å². The molecule has 2 aromatic carbocycles. The van der Waals surface area contributed by atoms with Crippen molar-refractivity contribution in [3.05, 3.63) is 48.0 Å². The fourth-order valence-corrected chi connectivity index (χ4v) is 2.03. The Kier molecular flexibility index (Phi) is 2.71. The van der Waals surface area contributed by atoms with Crippen molar-refractivity contribution in [2.75, 3.05) is 0 Å². The molecule has 3 rings (SSSR count). The van der Waals surface area contributed by atoms with Crippen LogP contribution in [0.25, 0.3) is 16.7 Å². The number of hydrogen-bond acceptors (Lipinski definition) is 3. The van der Waals surface area contributed by atoms with Gasteiger partial charge in [0.05, 0.1) is 0 Å². The Morgan fingerprint density at radius 2 is 1.63 bits per heavy atom. The molecule has 0 aliphatic heterocycles. The molecule has 0 saturated heterocycles. The number of phenolic OH excluding ortho intramolecular Hbond substituents is 1. The molecule has 0 aliphatic carbocycles. The van der Waals surface area contributed by atoms with Gasteiger partial charge < -0.3 is 5.11 Å². The van der Waals surface area contributed by atoms with E-state index < -0.39 is 0 Å². The summed E-state index contributed by atoms with van der Waals surface area (Å²) >= 11 is 0. The molecule has 3 aromatic rings. The van der Waals surface area contributed by atoms with Gasteiger partial charge in [-0.3, -0.25) is 0 Å². The van der Waals surface area contributed by atoms with Crippen molar-refractivity contribution in [2.24, 2.45) is 0 Å². The second-order valence-corrected chi connectivity index (χ2v) is 4.88. The zero-order valence-electron chi connectivity index (χ0n) is 10.9. The van der Waals surface area contributed by atoms with E-state index in [9.17, 15) is 5.11 Å². The van der Waals surface area contributed by atoms with E-state index in [0.717, 1.165) is 16.6 Å². The van der Waals surface area contributed by atoms with E-state index >= 15 is 0 Å². The lowest BCUT2D eigenvalue weighted by Gasteiger charge is -2.09. The van der Waals surface area contributed by atoms with Gasteiger partial charge >= 0.3 is 0 Å². The average molecular weight is 253 g/mol. The lowest BCUT2D eigenvalue weighted by Crippen LogP contribution is -2.00. The molecule has 4 nitrogen and oxygen atoms in total. The van der Waals surface area contributed by atoms with Crippen LogP contribution in [-0.4, -0.2) is 20.1 Å². The van der Waals surface area contributed by atoms with Crippen molar-refractivity contribution in [3.8, 4) is 11.4 Å². The van der Waals surface area contributed by atoms with E-state index in [1.165, 1.54) is 4.80 Å². The molecule has 4 heteroatoms. The summed E-state index contributed by atoms with van der Waals surface area (Å²) in [5.41, 5.74) is 3.39. The Balaban J connectivity index is 2.17. The molecule has 0 spiro atoms. The van der Waals surface area contributed by atoms with E-state index in [1.807, 2.05) is 36.4 Å². The first-order valence-corrected chi connectivity index (χ1v) is 6.30. The van der Waals surface area contributed by atoms with Crippen LogP contribution in [0.15, 0.2) is 42.5 Å². The average Bonchev–Trinajstić information content (AvgIpc) is 2.82. The minimum atomic E-state index is 0.185. The largest absolute Gasteiger partial charge is 0.506 e. The number of nitrogens with zero attached hydrogens (tertiary/aromatic N) is 3. The molecule has 96 valence electrons. The van der Waals surface area contributed by atoms with Crippen LogP contribution in [0.1, 0.15) is 25.3 Å². The third kappa shape index (κ3) is 2.05. The van der Waals surface area contributed by atoms with Crippen LogP contribution in [0.5, 0.6) is 5.75 Å². The first kappa shape index (κ1) is 11.7. The summed E-state index contributed by atoms with van der Waals surface area (Å²) in [6.45, 7) is 4.23. The standard InChI is InChI=1S/C15H15N3O/c1-10(2)11-7-8-15(19)14(9-11)18-16-12-5-3-4-6-13(12)17-18/h3-10,19H,1-2H3. The van der Waals surface area contributed by atoms with Crippen LogP contribution in [0, 0.1) is 0 Å². The lowest BCUT2D eigenvalue weighted by atomic mass is 10.0. The molecular weight excluding hydrogens is 238 g/mol. The van der Waals surface area contributed by atoms with Gasteiger partial charge in [0.1, 0.15) is 22.5 Å². The van der Waals surface area contributed by atoms with Crippen LogP contribution in [0.4, 0.5) is 0 Å². The Bertz CT molecular complexity index is 698. The van der Waals surface area contributed by atoms with Crippen LogP contribution in [-0.2, 0) is 0 Å². The Hall–Kier alpha value is -2.36. The van der Waals surface area contributed by atoms with Crippen molar-refractivity contribution in [1.82, 2.24) is 15.0 Å². The molecule has 0 bridgehead atoms. The molecule has 1 heterocycles. The van der Waals surface area contributed by atoms with Gasteiger partial charge in [-0.05, 0) is 35.7 Å². The molecule has 0 saturated carbocycles. The quantitative estimate of drug-likeness (QED) is 0.762. The van der Waals surface area contributed by atoms with E-state index in [4.69, 9.17) is 0 Å². The predicted octanol–water partition coefficient (Wildman–Crippen LogP) is 3.25. The van der Waals surface area contributed by atoms with Gasteiger partial charge in [0.25, 0.3) is 0 Å². The van der Waals surface area contributed by atoms with Gasteiger partial charge in [0.15, 0.2) is 0 Å². The van der Waals surface area contributed by atoms with Crippen molar-refractivity contribution >= 4 is 11.0 Å². The highest BCUT2D eigenvalue weighted by Gasteiger charge is 2.10. The summed E-state index contributed by atoms with van der Waals surface area (Å²) in [6.07, 6.45) is 0. The molecule has 19 heavy (non-hydrogen) atoms. The van der Waals surface area contributed by atoms with Crippen LogP contribution in [0.3, 0.4) is 0 Å². The van der Waals surface area contributed by atoms with E-state index in [2.05, 4.69) is 24.0 Å². The molecule has 0 aliphatic rings. The third-order valence-electron chi connectivity index (χ3n) is 3.17. The third-order valence-corrected chi connectivity index (χ3v) is 3.17. The first-order valence-electron chi connectivity index (χ1n) is 6.30. The first-order chi connectivity index (χ1) is 9.15. The predicted molar refractivity (Wildman–Crippen MR) is 74.6 cm³/mol. The van der Waals surface area contributed by atoms with Gasteiger partial charge in [0, 0.05) is 0 Å². The molecule has 0 radical (unpaired) electrons. The minimum absolute atomic E-state index is 0.185. The highest BCUT2D eigenvalue weighted by Crippen LogP contribution is 2.26. The summed E-state index contributed by atoms with van der Waals surface area (Å²) in [4.78, 5) is 1.49. The number of hydrogen-bond donors (Lipinski definition) is 1. The molecule has 0 fully saturated rings. The van der Waals surface area contributed by atoms with Gasteiger partial charge in [-0.15, -0.1) is 15.0 Å². The highest BCUT2D eigenvalue weighted by molar-refractivity contribution is 5.73. The summed E-state index contributed by atoms with van der Waals surface area (Å²) < 4.78 is 0. The molecule has 1 N–H and O–H groups in total. The van der Waals surface area contributed by atoms with Gasteiger partial charge in [0.2, 0.25) is 0 Å². The Labute approximate surface area is 111 Å². The van der Waals surface area contributed by atoms with Gasteiger partial charge in [-0.1, -0.05) is 32.0 Å². The van der Waals surface area contributed by atoms with Gasteiger partial charge in [-0.25, -0.2) is 0 Å². The maximum Gasteiger partial charge on any atom is 0.143 e. The minimum Gasteiger partial charge on any atom is -0.506 e. The van der Waals surface area contributed by atoms with Crippen molar-refractivity contribution in [3.63, 3.8) is 0 Å². The maximum absolute atomic E-state index is 9.99. The number of fused-ring (bicyclic) bond motifs is 1. The lowest BCUT2D eigenvalue weighted by molar-refractivity contribution is 0.467. The molecule has 0 atom stereocenters. The van der Waals surface area contributed by atoms with Crippen LogP contribution < -0.4 is 0 Å². The topological polar surface area (TPSA) is 50.9 Å². The summed E-state index contributed by atoms with van der Waals surface area (Å²) in [5.74, 6) is 0.578. The highest BCUT2D eigenvalue weighted by atomic mass is 16.3. The second kappa shape index (κ2) is 4.39. The number of aromatic hydroxyl groups is 1. The molecule has 0 unspecified atom stereocenters. The zero-order chi connectivity index (χ0) is 13.4. The summed E-state index contributed by atoms with van der Waals surface area (Å²) in [5, 5.41) is 18.8. The molecule has 1 aromatic heterocycles. The summed E-state index contributed by atoms with van der Waals surface area (Å²) in [6, 6.07) is 13.2. The van der Waals surface area contributed by atoms with E-state index in [1.54, 1.807) is 6.07 Å². The summed E-state index contributed by atoms with van der Waals surface area (Å²) in [7, 11) is 0. The Morgan fingerprint density at radius 1 is 1.00 bits per heavy atom. The molecular formula is C15H15N3O. The Morgan fingerprint density at radius 3 is 2.21 bits per heavy atom. The maximum atomic E-state index is 9.99.